The summed E-state index contributed by atoms with van der Waals surface area (Å²) in [6, 6.07) is 0.0800. The number of rotatable bonds is 9. The molecule has 1 heterocycles. The van der Waals surface area contributed by atoms with Crippen molar-refractivity contribution in [1.82, 2.24) is 9.78 Å². The van der Waals surface area contributed by atoms with Gasteiger partial charge < -0.3 is 15.2 Å². The molecule has 0 bridgehead atoms. The molecule has 1 atom stereocenters. The van der Waals surface area contributed by atoms with E-state index >= 15 is 0 Å². The van der Waals surface area contributed by atoms with Gasteiger partial charge in [0.05, 0.1) is 18.8 Å². The molecule has 19 heavy (non-hydrogen) atoms. The average molecular weight is 269 g/mol. The van der Waals surface area contributed by atoms with Crippen LogP contribution in [0.4, 0.5) is 0 Å². The van der Waals surface area contributed by atoms with E-state index in [0.717, 1.165) is 44.0 Å². The first-order valence-electron chi connectivity index (χ1n) is 6.98. The molecule has 0 fully saturated rings. The van der Waals surface area contributed by atoms with Crippen molar-refractivity contribution >= 4 is 0 Å². The summed E-state index contributed by atoms with van der Waals surface area (Å²) in [6.07, 6.45) is 1.86. The lowest BCUT2D eigenvalue weighted by atomic mass is 10.0. The number of nitrogens with two attached hydrogens (primary N) is 1. The van der Waals surface area contributed by atoms with Crippen LogP contribution < -0.4 is 5.73 Å². The van der Waals surface area contributed by atoms with Crippen molar-refractivity contribution in [3.05, 3.63) is 17.0 Å². The van der Waals surface area contributed by atoms with Crippen molar-refractivity contribution in [3.63, 3.8) is 0 Å². The molecule has 1 aromatic heterocycles. The van der Waals surface area contributed by atoms with Crippen LogP contribution in [0.25, 0.3) is 0 Å². The molecule has 1 rings (SSSR count). The van der Waals surface area contributed by atoms with Gasteiger partial charge in [-0.25, -0.2) is 0 Å². The normalized spacial score (nSPS) is 12.9. The zero-order valence-electron chi connectivity index (χ0n) is 12.6. The fourth-order valence-corrected chi connectivity index (χ4v) is 2.23. The Balaban J connectivity index is 2.46. The Morgan fingerprint density at radius 2 is 2.00 bits per heavy atom. The molecule has 110 valence electrons. The number of hydrogen-bond donors (Lipinski definition) is 1. The molecule has 0 spiro atoms. The smallest absolute Gasteiger partial charge is 0.0662 e. The number of hydrogen-bond acceptors (Lipinski definition) is 4. The minimum absolute atomic E-state index is 0.0800. The highest BCUT2D eigenvalue weighted by Gasteiger charge is 2.16. The first-order valence-corrected chi connectivity index (χ1v) is 6.98. The molecule has 0 aromatic carbocycles. The van der Waals surface area contributed by atoms with Crippen molar-refractivity contribution in [2.75, 3.05) is 26.9 Å². The van der Waals surface area contributed by atoms with Gasteiger partial charge >= 0.3 is 0 Å². The highest BCUT2D eigenvalue weighted by Crippen LogP contribution is 2.21. The molecule has 0 aliphatic heterocycles. The van der Waals surface area contributed by atoms with Gasteiger partial charge in [-0.1, -0.05) is 6.92 Å². The maximum Gasteiger partial charge on any atom is 0.0662 e. The fourth-order valence-electron chi connectivity index (χ4n) is 2.23. The molecule has 1 unspecified atom stereocenters. The maximum absolute atomic E-state index is 6.12. The summed E-state index contributed by atoms with van der Waals surface area (Å²) in [5.41, 5.74) is 9.50. The summed E-state index contributed by atoms with van der Waals surface area (Å²) >= 11 is 0. The van der Waals surface area contributed by atoms with Crippen molar-refractivity contribution in [1.29, 1.82) is 0 Å². The van der Waals surface area contributed by atoms with Crippen LogP contribution in [0, 0.1) is 13.8 Å². The van der Waals surface area contributed by atoms with Gasteiger partial charge in [0.15, 0.2) is 0 Å². The first-order chi connectivity index (χ1) is 9.11. The van der Waals surface area contributed by atoms with Gasteiger partial charge in [0.1, 0.15) is 0 Å². The second kappa shape index (κ2) is 8.30. The summed E-state index contributed by atoms with van der Waals surface area (Å²) in [5.74, 6) is 0. The Labute approximate surface area is 116 Å². The fraction of sp³-hybridized carbons (Fsp3) is 0.786. The summed E-state index contributed by atoms with van der Waals surface area (Å²) in [4.78, 5) is 0. The van der Waals surface area contributed by atoms with E-state index in [0.29, 0.717) is 6.61 Å². The van der Waals surface area contributed by atoms with E-state index in [1.807, 2.05) is 11.6 Å². The zero-order valence-corrected chi connectivity index (χ0v) is 12.6. The quantitative estimate of drug-likeness (QED) is 0.696. The van der Waals surface area contributed by atoms with Crippen LogP contribution in [0.2, 0.25) is 0 Å². The molecule has 0 saturated carbocycles. The highest BCUT2D eigenvalue weighted by atomic mass is 16.5. The first kappa shape index (κ1) is 16.1. The number of methoxy groups -OCH3 is 1. The molecule has 0 amide bonds. The van der Waals surface area contributed by atoms with Crippen LogP contribution in [0.15, 0.2) is 0 Å². The van der Waals surface area contributed by atoms with Crippen LogP contribution in [0.1, 0.15) is 42.8 Å². The molecular weight excluding hydrogens is 242 g/mol. The zero-order chi connectivity index (χ0) is 14.3. The number of aromatic nitrogens is 2. The van der Waals surface area contributed by atoms with E-state index in [2.05, 4.69) is 18.9 Å². The topological polar surface area (TPSA) is 62.3 Å². The molecular formula is C14H27N3O2. The second-order valence-corrected chi connectivity index (χ2v) is 4.78. The minimum Gasteiger partial charge on any atom is -0.385 e. The van der Waals surface area contributed by atoms with Gasteiger partial charge in [-0.2, -0.15) is 5.10 Å². The lowest BCUT2D eigenvalue weighted by molar-refractivity contribution is 0.0957. The van der Waals surface area contributed by atoms with E-state index in [1.165, 1.54) is 5.56 Å². The molecule has 0 aliphatic carbocycles. The third kappa shape index (κ3) is 4.60. The van der Waals surface area contributed by atoms with Gasteiger partial charge in [-0.3, -0.25) is 4.68 Å². The largest absolute Gasteiger partial charge is 0.385 e. The summed E-state index contributed by atoms with van der Waals surface area (Å²) in [5, 5.41) is 4.55. The number of nitrogens with zero attached hydrogens (tertiary/aromatic N) is 2. The van der Waals surface area contributed by atoms with E-state index in [1.54, 1.807) is 7.11 Å². The van der Waals surface area contributed by atoms with Crippen molar-refractivity contribution in [3.8, 4) is 0 Å². The van der Waals surface area contributed by atoms with Crippen LogP contribution in [0.5, 0.6) is 0 Å². The SMILES string of the molecule is CCC(N)c1c(C)nn(CCOCCCOC)c1C. The Morgan fingerprint density at radius 1 is 1.26 bits per heavy atom. The Kier molecular flexibility index (Phi) is 7.05. The van der Waals surface area contributed by atoms with Gasteiger partial charge in [-0.15, -0.1) is 0 Å². The van der Waals surface area contributed by atoms with Crippen LogP contribution in [-0.2, 0) is 16.0 Å². The van der Waals surface area contributed by atoms with E-state index in [9.17, 15) is 0 Å². The minimum atomic E-state index is 0.0800. The van der Waals surface area contributed by atoms with Gasteiger partial charge in [0, 0.05) is 37.6 Å². The van der Waals surface area contributed by atoms with Gasteiger partial charge in [0.25, 0.3) is 0 Å². The summed E-state index contributed by atoms with van der Waals surface area (Å²) in [6.45, 7) is 9.12. The molecule has 0 saturated heterocycles. The summed E-state index contributed by atoms with van der Waals surface area (Å²) in [7, 11) is 1.70. The van der Waals surface area contributed by atoms with E-state index in [-0.39, 0.29) is 6.04 Å². The lowest BCUT2D eigenvalue weighted by Gasteiger charge is -2.10. The second-order valence-electron chi connectivity index (χ2n) is 4.78. The Morgan fingerprint density at radius 3 is 2.63 bits per heavy atom. The molecule has 2 N–H and O–H groups in total. The van der Waals surface area contributed by atoms with Crippen molar-refractivity contribution in [2.45, 2.75) is 46.2 Å². The molecule has 0 radical (unpaired) electrons. The van der Waals surface area contributed by atoms with E-state index < -0.39 is 0 Å². The number of aryl methyl sites for hydroxylation is 1. The summed E-state index contributed by atoms with van der Waals surface area (Å²) < 4.78 is 12.5. The standard InChI is InChI=1S/C14H27N3O2/c1-5-13(15)14-11(2)16-17(12(14)3)7-10-19-9-6-8-18-4/h13H,5-10,15H2,1-4H3. The van der Waals surface area contributed by atoms with E-state index in [4.69, 9.17) is 15.2 Å². The predicted octanol–water partition coefficient (Wildman–Crippen LogP) is 1.96. The molecule has 5 heteroatoms. The molecule has 1 aromatic rings. The lowest BCUT2D eigenvalue weighted by Crippen LogP contribution is -2.13. The number of ether oxygens (including phenoxy) is 2. The van der Waals surface area contributed by atoms with Crippen molar-refractivity contribution in [2.24, 2.45) is 5.73 Å². The average Bonchev–Trinajstić information content (AvgIpc) is 2.68. The third-order valence-corrected chi connectivity index (χ3v) is 3.33. The maximum atomic E-state index is 6.12. The monoisotopic (exact) mass is 269 g/mol. The predicted molar refractivity (Wildman–Crippen MR) is 76.2 cm³/mol. The molecule has 5 nitrogen and oxygen atoms in total. The van der Waals surface area contributed by atoms with Crippen LogP contribution in [0.3, 0.4) is 0 Å². The highest BCUT2D eigenvalue weighted by molar-refractivity contribution is 5.27. The Hall–Kier alpha value is -0.910. The van der Waals surface area contributed by atoms with Gasteiger partial charge in [-0.05, 0) is 26.7 Å². The molecule has 0 aliphatic rings. The van der Waals surface area contributed by atoms with Crippen molar-refractivity contribution < 1.29 is 9.47 Å². The Bertz CT molecular complexity index is 377. The van der Waals surface area contributed by atoms with Crippen LogP contribution >= 0.6 is 0 Å². The van der Waals surface area contributed by atoms with Gasteiger partial charge in [0.2, 0.25) is 0 Å². The third-order valence-electron chi connectivity index (χ3n) is 3.33. The van der Waals surface area contributed by atoms with Crippen LogP contribution in [-0.4, -0.2) is 36.7 Å².